The Balaban J connectivity index is 0.00000196. The number of rotatable bonds is 3. The fraction of sp³-hybridized carbons (Fsp3) is 0.625. The summed E-state index contributed by atoms with van der Waals surface area (Å²) in [5.74, 6) is 2.30. The van der Waals surface area contributed by atoms with Crippen LogP contribution in [-0.4, -0.2) is 47.1 Å². The molecular formula is C16H24ClN5O2S2. The molecule has 0 unspecified atom stereocenters. The normalized spacial score (nSPS) is 19.2. The second-order valence-corrected chi connectivity index (χ2v) is 10.1. The maximum absolute atomic E-state index is 12.9. The minimum atomic E-state index is -3.39. The molecule has 0 aliphatic carbocycles. The molecule has 1 N–H and O–H groups in total. The van der Waals surface area contributed by atoms with Gasteiger partial charge in [-0.3, -0.25) is 0 Å². The number of hydrogen-bond donors (Lipinski definition) is 1. The largest absolute Gasteiger partial charge is 0.312 e. The van der Waals surface area contributed by atoms with Gasteiger partial charge in [0, 0.05) is 41.9 Å². The van der Waals surface area contributed by atoms with Crippen LogP contribution < -0.4 is 5.32 Å². The standard InChI is InChI=1S/C16H23N5O2S2.ClH/c1-11-9-14(12(2)24-11)25(22,23)20-6-3-13(4-7-20)16-19-18-15-10-17-5-8-21(15)16;/h9,13,17H,3-8,10H2,1-2H3;1H. The first-order chi connectivity index (χ1) is 12.0. The van der Waals surface area contributed by atoms with Gasteiger partial charge in [-0.05, 0) is 32.8 Å². The number of sulfonamides is 1. The van der Waals surface area contributed by atoms with E-state index in [0.29, 0.717) is 18.0 Å². The highest BCUT2D eigenvalue weighted by Gasteiger charge is 2.33. The van der Waals surface area contributed by atoms with Crippen molar-refractivity contribution < 1.29 is 8.42 Å². The summed E-state index contributed by atoms with van der Waals surface area (Å²) in [5, 5.41) is 12.0. The van der Waals surface area contributed by atoms with Crippen LogP contribution in [-0.2, 0) is 23.1 Å². The van der Waals surface area contributed by atoms with Gasteiger partial charge in [-0.25, -0.2) is 8.42 Å². The van der Waals surface area contributed by atoms with E-state index in [1.807, 2.05) is 13.8 Å². The average Bonchev–Trinajstić information content (AvgIpc) is 3.18. The minimum Gasteiger partial charge on any atom is -0.312 e. The summed E-state index contributed by atoms with van der Waals surface area (Å²) in [6.45, 7) is 7.51. The second kappa shape index (κ2) is 7.55. The van der Waals surface area contributed by atoms with Crippen LogP contribution >= 0.6 is 23.7 Å². The van der Waals surface area contributed by atoms with Gasteiger partial charge in [-0.2, -0.15) is 4.31 Å². The van der Waals surface area contributed by atoms with Crippen molar-refractivity contribution in [2.45, 2.75) is 50.6 Å². The van der Waals surface area contributed by atoms with Gasteiger partial charge in [0.15, 0.2) is 0 Å². The molecule has 0 saturated carbocycles. The Bertz CT molecular complexity index is 885. The van der Waals surface area contributed by atoms with E-state index in [-0.39, 0.29) is 18.3 Å². The molecule has 0 spiro atoms. The van der Waals surface area contributed by atoms with Crippen molar-refractivity contribution in [3.05, 3.63) is 27.5 Å². The number of halogens is 1. The summed E-state index contributed by atoms with van der Waals surface area (Å²) in [5.41, 5.74) is 0. The lowest BCUT2D eigenvalue weighted by Gasteiger charge is -2.31. The second-order valence-electron chi connectivity index (χ2n) is 6.76. The molecule has 0 amide bonds. The molecule has 0 atom stereocenters. The lowest BCUT2D eigenvalue weighted by Crippen LogP contribution is -2.39. The quantitative estimate of drug-likeness (QED) is 0.826. The molecule has 4 heterocycles. The van der Waals surface area contributed by atoms with Crippen LogP contribution in [0.25, 0.3) is 0 Å². The third-order valence-corrected chi connectivity index (χ3v) is 8.20. The number of thiophene rings is 1. The van der Waals surface area contributed by atoms with Crippen LogP contribution in [0.2, 0.25) is 0 Å². The van der Waals surface area contributed by atoms with E-state index in [4.69, 9.17) is 0 Å². The Labute approximate surface area is 164 Å². The molecule has 26 heavy (non-hydrogen) atoms. The highest BCUT2D eigenvalue weighted by atomic mass is 35.5. The minimum absolute atomic E-state index is 0. The molecule has 0 aromatic carbocycles. The number of nitrogens with zero attached hydrogens (tertiary/aromatic N) is 4. The molecule has 144 valence electrons. The highest BCUT2D eigenvalue weighted by molar-refractivity contribution is 7.89. The molecule has 2 aromatic heterocycles. The summed E-state index contributed by atoms with van der Waals surface area (Å²) in [4.78, 5) is 2.38. The van der Waals surface area contributed by atoms with Crippen LogP contribution in [0.1, 0.15) is 40.2 Å². The summed E-state index contributed by atoms with van der Waals surface area (Å²) in [7, 11) is -3.39. The van der Waals surface area contributed by atoms with Crippen molar-refractivity contribution in [3.63, 3.8) is 0 Å². The number of piperidine rings is 1. The third kappa shape index (κ3) is 3.43. The molecule has 2 aliphatic rings. The molecule has 4 rings (SSSR count). The Morgan fingerprint density at radius 2 is 1.92 bits per heavy atom. The first kappa shape index (κ1) is 19.8. The molecule has 1 fully saturated rings. The molecular weight excluding hydrogens is 394 g/mol. The van der Waals surface area contributed by atoms with Crippen molar-refractivity contribution in [3.8, 4) is 0 Å². The number of hydrogen-bond acceptors (Lipinski definition) is 6. The van der Waals surface area contributed by atoms with Crippen LogP contribution in [0, 0.1) is 13.8 Å². The van der Waals surface area contributed by atoms with Crippen LogP contribution in [0.4, 0.5) is 0 Å². The molecule has 10 heteroatoms. The predicted molar refractivity (Wildman–Crippen MR) is 104 cm³/mol. The fourth-order valence-electron chi connectivity index (χ4n) is 3.77. The lowest BCUT2D eigenvalue weighted by molar-refractivity contribution is 0.307. The fourth-order valence-corrected chi connectivity index (χ4v) is 6.77. The van der Waals surface area contributed by atoms with Crippen molar-refractivity contribution in [2.75, 3.05) is 19.6 Å². The maximum atomic E-state index is 12.9. The zero-order valence-electron chi connectivity index (χ0n) is 14.9. The van der Waals surface area contributed by atoms with Gasteiger partial charge in [0.1, 0.15) is 11.6 Å². The first-order valence-electron chi connectivity index (χ1n) is 8.66. The summed E-state index contributed by atoms with van der Waals surface area (Å²) in [6, 6.07) is 1.79. The van der Waals surface area contributed by atoms with Gasteiger partial charge in [0.05, 0.1) is 11.4 Å². The van der Waals surface area contributed by atoms with Gasteiger partial charge < -0.3 is 9.88 Å². The van der Waals surface area contributed by atoms with Gasteiger partial charge >= 0.3 is 0 Å². The van der Waals surface area contributed by atoms with Gasteiger partial charge in [0.25, 0.3) is 0 Å². The van der Waals surface area contributed by atoms with Crippen LogP contribution in [0.5, 0.6) is 0 Å². The van der Waals surface area contributed by atoms with E-state index in [9.17, 15) is 8.42 Å². The van der Waals surface area contributed by atoms with Gasteiger partial charge in [-0.1, -0.05) is 0 Å². The van der Waals surface area contributed by atoms with Crippen molar-refractivity contribution in [1.29, 1.82) is 0 Å². The van der Waals surface area contributed by atoms with Crippen molar-refractivity contribution >= 4 is 33.8 Å². The number of fused-ring (bicyclic) bond motifs is 1. The highest BCUT2D eigenvalue weighted by Crippen LogP contribution is 2.33. The van der Waals surface area contributed by atoms with E-state index in [1.54, 1.807) is 21.7 Å². The maximum Gasteiger partial charge on any atom is 0.244 e. The van der Waals surface area contributed by atoms with Gasteiger partial charge in [-0.15, -0.1) is 33.9 Å². The number of nitrogens with one attached hydrogen (secondary N) is 1. The third-order valence-electron chi connectivity index (χ3n) is 5.08. The van der Waals surface area contributed by atoms with E-state index >= 15 is 0 Å². The SMILES string of the molecule is Cc1cc(S(=O)(=O)N2CCC(c3nnc4n3CCNC4)CC2)c(C)s1.Cl. The molecule has 2 aliphatic heterocycles. The number of aromatic nitrogens is 3. The first-order valence-corrected chi connectivity index (χ1v) is 10.9. The lowest BCUT2D eigenvalue weighted by atomic mass is 9.97. The Kier molecular flexibility index (Phi) is 5.74. The number of aryl methyl sites for hydroxylation is 2. The topological polar surface area (TPSA) is 80.1 Å². The van der Waals surface area contributed by atoms with Crippen LogP contribution in [0.3, 0.4) is 0 Å². The molecule has 2 aromatic rings. The zero-order valence-corrected chi connectivity index (χ0v) is 17.4. The van der Waals surface area contributed by atoms with E-state index in [0.717, 1.165) is 53.9 Å². The molecule has 1 saturated heterocycles. The van der Waals surface area contributed by atoms with E-state index in [2.05, 4.69) is 20.1 Å². The summed E-state index contributed by atoms with van der Waals surface area (Å²) in [6.07, 6.45) is 1.60. The Morgan fingerprint density at radius 1 is 1.19 bits per heavy atom. The summed E-state index contributed by atoms with van der Waals surface area (Å²) < 4.78 is 29.7. The van der Waals surface area contributed by atoms with Crippen LogP contribution in [0.15, 0.2) is 11.0 Å². The Hall–Kier alpha value is -1.00. The predicted octanol–water partition coefficient (Wildman–Crippen LogP) is 2.05. The van der Waals surface area contributed by atoms with E-state index < -0.39 is 10.0 Å². The zero-order chi connectivity index (χ0) is 17.6. The Morgan fingerprint density at radius 3 is 2.58 bits per heavy atom. The van der Waals surface area contributed by atoms with Crippen molar-refractivity contribution in [2.24, 2.45) is 0 Å². The molecule has 7 nitrogen and oxygen atoms in total. The monoisotopic (exact) mass is 417 g/mol. The average molecular weight is 418 g/mol. The van der Waals surface area contributed by atoms with E-state index in [1.165, 1.54) is 0 Å². The van der Waals surface area contributed by atoms with Crippen molar-refractivity contribution in [1.82, 2.24) is 24.4 Å². The summed E-state index contributed by atoms with van der Waals surface area (Å²) >= 11 is 1.54. The smallest absolute Gasteiger partial charge is 0.244 e. The molecule has 0 radical (unpaired) electrons. The molecule has 0 bridgehead atoms. The van der Waals surface area contributed by atoms with Gasteiger partial charge in [0.2, 0.25) is 10.0 Å².